The molecule has 7 N–H and O–H groups in total. The zero-order valence-electron chi connectivity index (χ0n) is 35.1. The van der Waals surface area contributed by atoms with Gasteiger partial charge in [0.05, 0.1) is 76.3 Å². The first-order valence-corrected chi connectivity index (χ1v) is 22.0. The molecule has 6 heterocycles. The summed E-state index contributed by atoms with van der Waals surface area (Å²) >= 11 is 5.06. The van der Waals surface area contributed by atoms with Crippen molar-refractivity contribution in [2.75, 3.05) is 37.1 Å². The molecule has 2 aliphatic rings. The third kappa shape index (κ3) is 16.9. The van der Waals surface area contributed by atoms with Crippen molar-refractivity contribution in [2.24, 2.45) is 5.92 Å². The number of benzene rings is 1. The van der Waals surface area contributed by atoms with Crippen molar-refractivity contribution in [3.63, 3.8) is 0 Å². The molecule has 352 valence electrons. The third-order valence-electron chi connectivity index (χ3n) is 8.90. The number of amides is 2. The van der Waals surface area contributed by atoms with Crippen molar-refractivity contribution in [2.45, 2.75) is 77.0 Å². The Labute approximate surface area is 387 Å². The number of ether oxygens (including phenoxy) is 2. The molecule has 28 heteroatoms. The summed E-state index contributed by atoms with van der Waals surface area (Å²) in [5, 5.41) is 30.9. The van der Waals surface area contributed by atoms with Gasteiger partial charge in [-0.25, -0.2) is 19.9 Å². The normalized spacial score (nSPS) is 17.6. The monoisotopic (exact) mass is 980 g/mol. The van der Waals surface area contributed by atoms with Gasteiger partial charge < -0.3 is 47.5 Å². The average molecular weight is 981 g/mol. The standard InChI is InChI=1S/C17H23N6O5P.C17H17N5O3.C3H6NO2P.2H2OS/c1-10(2)15(24)21-17-20-14-13(16(25)22-17)19-9-23(14)12-5-4-11(28-12)8-27-29-26-7-3-6-18;23-8-12-6-7-13(25-12)22-10-20-14-15(18-9-19-16(14)22)21-17(24)11-4-2-1-3-5-11;4-2-1-3-6-7-5;2*1-2/h9-12,29H,3-5,7-8H2,1-2H3,(H2,20,21,22,24,25);1-5,9-10,12-13,23H,6-8H2,(H,18,19,21,24);5,7H,1,3H2;2*1-2H. The minimum Gasteiger partial charge on any atom is -0.394 e. The third-order valence-corrected chi connectivity index (χ3v) is 9.84. The molecule has 7 rings (SSSR count). The van der Waals surface area contributed by atoms with Crippen LogP contribution in [0.5, 0.6) is 0 Å². The van der Waals surface area contributed by atoms with E-state index in [-0.39, 0.29) is 69.5 Å². The van der Waals surface area contributed by atoms with E-state index in [0.29, 0.717) is 67.3 Å². The van der Waals surface area contributed by atoms with Gasteiger partial charge in [0.25, 0.3) is 11.5 Å². The van der Waals surface area contributed by atoms with Crippen LogP contribution in [-0.4, -0.2) is 109 Å². The Balaban J connectivity index is 0.000000284. The van der Waals surface area contributed by atoms with Crippen molar-refractivity contribution in [3.8, 4) is 12.1 Å². The van der Waals surface area contributed by atoms with Gasteiger partial charge in [0.15, 0.2) is 46.2 Å². The number of nitriles is 2. The summed E-state index contributed by atoms with van der Waals surface area (Å²) in [4.78, 5) is 68.3. The van der Waals surface area contributed by atoms with Crippen molar-refractivity contribution in [1.82, 2.24) is 39.0 Å². The maximum atomic E-state index is 12.3. The highest BCUT2D eigenvalue weighted by molar-refractivity contribution is 7.74. The van der Waals surface area contributed by atoms with E-state index in [2.05, 4.69) is 70.9 Å². The van der Waals surface area contributed by atoms with Crippen LogP contribution in [0.15, 0.2) is 54.1 Å². The molecular weight excluding hydrogens is 931 g/mol. The molecule has 24 nitrogen and oxygen atoms in total. The number of nitrogens with zero attached hydrogens (tertiary/aromatic N) is 9. The molecule has 5 aromatic rings. The lowest BCUT2D eigenvalue weighted by atomic mass is 10.2. The molecule has 2 amide bonds. The number of fused-ring (bicyclic) bond motifs is 2. The first-order valence-electron chi connectivity index (χ1n) is 19.5. The second kappa shape index (κ2) is 30.4. The maximum Gasteiger partial charge on any atom is 0.280 e. The molecule has 0 aliphatic carbocycles. The number of carbonyl (C=O) groups excluding carboxylic acids is 2. The van der Waals surface area contributed by atoms with Gasteiger partial charge >= 0.3 is 0 Å². The van der Waals surface area contributed by atoms with Gasteiger partial charge in [-0.1, -0.05) is 32.0 Å². The molecular formula is C37H50N12O12P2S2. The number of thiol groups is 2. The Morgan fingerprint density at radius 1 is 0.877 bits per heavy atom. The lowest BCUT2D eigenvalue weighted by molar-refractivity contribution is -0.118. The maximum absolute atomic E-state index is 12.3. The van der Waals surface area contributed by atoms with Gasteiger partial charge in [0.2, 0.25) is 11.9 Å². The number of anilines is 2. The molecule has 6 unspecified atom stereocenters. The Hall–Kier alpha value is -4.76. The van der Waals surface area contributed by atoms with Gasteiger partial charge in [-0.05, 0) is 63.6 Å². The van der Waals surface area contributed by atoms with Crippen LogP contribution < -0.4 is 16.2 Å². The SMILES string of the molecule is CC(C)C(=O)Nc1nc2c(ncn2C2CCC(COPOCCC#N)O2)c(=O)[nH]1.N#CCCOPO.O=C(Nc1ncnc2c1ncn2C1CCC(CO)O1)c1ccccc1.OS.OS. The van der Waals surface area contributed by atoms with Gasteiger partial charge in [-0.3, -0.25) is 33.8 Å². The highest BCUT2D eigenvalue weighted by atomic mass is 32.1. The van der Waals surface area contributed by atoms with Crippen LogP contribution >= 0.6 is 43.9 Å². The summed E-state index contributed by atoms with van der Waals surface area (Å²) in [7, 11) is -0.622. The summed E-state index contributed by atoms with van der Waals surface area (Å²) < 4.78 is 43.7. The molecule has 4 aromatic heterocycles. The second-order valence-corrected chi connectivity index (χ2v) is 14.7. The van der Waals surface area contributed by atoms with Crippen molar-refractivity contribution >= 4 is 89.8 Å². The number of rotatable bonds is 16. The van der Waals surface area contributed by atoms with Crippen LogP contribution in [0.2, 0.25) is 0 Å². The fourth-order valence-electron chi connectivity index (χ4n) is 5.87. The number of aliphatic hydroxyl groups excluding tert-OH is 1. The number of hydrogen-bond acceptors (Lipinski definition) is 21. The number of H-pyrrole nitrogens is 1. The number of aromatic amines is 1. The summed E-state index contributed by atoms with van der Waals surface area (Å²) in [6.45, 7) is 4.56. The lowest BCUT2D eigenvalue weighted by Crippen LogP contribution is -2.22. The molecule has 0 radical (unpaired) electrons. The van der Waals surface area contributed by atoms with Gasteiger partial charge in [0.1, 0.15) is 18.8 Å². The second-order valence-electron chi connectivity index (χ2n) is 13.5. The first kappa shape index (κ1) is 54.6. The van der Waals surface area contributed by atoms with E-state index >= 15 is 0 Å². The first-order chi connectivity index (χ1) is 31.7. The molecule has 0 saturated carbocycles. The largest absolute Gasteiger partial charge is 0.394 e. The van der Waals surface area contributed by atoms with Crippen molar-refractivity contribution in [3.05, 3.63) is 65.2 Å². The summed E-state index contributed by atoms with van der Waals surface area (Å²) in [5.74, 6) is -0.311. The minimum atomic E-state index is -0.483. The van der Waals surface area contributed by atoms with Crippen LogP contribution in [-0.2, 0) is 27.8 Å². The zero-order chi connectivity index (χ0) is 47.6. The molecule has 0 bridgehead atoms. The molecule has 1 aromatic carbocycles. The zero-order valence-corrected chi connectivity index (χ0v) is 38.8. The van der Waals surface area contributed by atoms with E-state index in [1.54, 1.807) is 49.0 Å². The molecule has 2 fully saturated rings. The van der Waals surface area contributed by atoms with E-state index in [0.717, 1.165) is 19.3 Å². The summed E-state index contributed by atoms with van der Waals surface area (Å²) in [6, 6.07) is 12.8. The lowest BCUT2D eigenvalue weighted by Gasteiger charge is -2.15. The van der Waals surface area contributed by atoms with Crippen molar-refractivity contribution < 1.29 is 51.7 Å². The quantitative estimate of drug-likeness (QED) is 0.0278. The number of carbonyl (C=O) groups is 2. The van der Waals surface area contributed by atoms with Crippen LogP contribution in [0.3, 0.4) is 0 Å². The summed E-state index contributed by atoms with van der Waals surface area (Å²) in [6.07, 6.45) is 7.40. The highest BCUT2D eigenvalue weighted by Crippen LogP contribution is 2.32. The molecule has 6 atom stereocenters. The van der Waals surface area contributed by atoms with E-state index in [1.165, 1.54) is 12.7 Å². The number of hydrogen-bond donors (Lipinski definition) is 9. The van der Waals surface area contributed by atoms with Gasteiger partial charge in [0, 0.05) is 11.5 Å². The average Bonchev–Trinajstić information content (AvgIpc) is 4.17. The van der Waals surface area contributed by atoms with Crippen LogP contribution in [0.4, 0.5) is 11.8 Å². The summed E-state index contributed by atoms with van der Waals surface area (Å²) in [5.41, 5.74) is 1.73. The Kier molecular flexibility index (Phi) is 25.6. The Morgan fingerprint density at radius 2 is 1.49 bits per heavy atom. The minimum absolute atomic E-state index is 0.00348. The number of aromatic nitrogens is 8. The smallest absolute Gasteiger partial charge is 0.280 e. The van der Waals surface area contributed by atoms with E-state index in [1.807, 2.05) is 22.8 Å². The Bertz CT molecular complexity index is 2350. The van der Waals surface area contributed by atoms with E-state index in [9.17, 15) is 19.5 Å². The Morgan fingerprint density at radius 3 is 2.11 bits per heavy atom. The topological polar surface area (TPSA) is 340 Å². The predicted octanol–water partition coefficient (Wildman–Crippen LogP) is 4.79. The predicted molar refractivity (Wildman–Crippen MR) is 245 cm³/mol. The molecule has 2 aliphatic heterocycles. The fraction of sp³-hybridized carbons (Fsp3) is 0.459. The molecule has 0 spiro atoms. The fourth-order valence-corrected chi connectivity index (χ4v) is 6.59. The van der Waals surface area contributed by atoms with Crippen molar-refractivity contribution in [1.29, 1.82) is 10.5 Å². The van der Waals surface area contributed by atoms with E-state index in [4.69, 9.17) is 43.0 Å². The van der Waals surface area contributed by atoms with Crippen LogP contribution in [0.25, 0.3) is 22.3 Å². The number of aliphatic hydroxyl groups is 1. The molecule has 2 saturated heterocycles. The number of imidazole rings is 2. The number of nitrogens with one attached hydrogen (secondary N) is 3. The molecule has 65 heavy (non-hydrogen) atoms. The van der Waals surface area contributed by atoms with Crippen LogP contribution in [0.1, 0.15) is 75.2 Å². The van der Waals surface area contributed by atoms with Crippen LogP contribution in [0, 0.1) is 28.6 Å². The van der Waals surface area contributed by atoms with E-state index < -0.39 is 14.6 Å². The van der Waals surface area contributed by atoms with Gasteiger partial charge in [-0.15, -0.1) is 0 Å². The van der Waals surface area contributed by atoms with Gasteiger partial charge in [-0.2, -0.15) is 15.5 Å². The highest BCUT2D eigenvalue weighted by Gasteiger charge is 2.30.